The number of aldehydes is 1. The molecule has 0 radical (unpaired) electrons. The van der Waals surface area contributed by atoms with Crippen LogP contribution < -0.4 is 4.74 Å². The van der Waals surface area contributed by atoms with E-state index in [1.54, 1.807) is 48.5 Å². The van der Waals surface area contributed by atoms with Crippen LogP contribution in [0.5, 0.6) is 11.5 Å². The van der Waals surface area contributed by atoms with Crippen LogP contribution in [-0.2, 0) is 20.5 Å². The van der Waals surface area contributed by atoms with Crippen molar-refractivity contribution in [1.82, 2.24) is 0 Å². The molecular weight excluding hydrogens is 396 g/mol. The molecule has 0 bridgehead atoms. The van der Waals surface area contributed by atoms with Gasteiger partial charge in [-0.1, -0.05) is 36.4 Å². The normalized spacial score (nSPS) is 19.0. The minimum Gasteiger partial charge on any atom is -0.456 e. The van der Waals surface area contributed by atoms with Gasteiger partial charge in [-0.25, -0.2) is 4.79 Å². The van der Waals surface area contributed by atoms with Gasteiger partial charge in [0.05, 0.1) is 11.1 Å². The number of rotatable bonds is 2. The number of esters is 1. The quantitative estimate of drug-likeness (QED) is 0.394. The highest BCUT2D eigenvalue weighted by atomic mass is 32.2. The third kappa shape index (κ3) is 2.24. The first-order valence-corrected chi connectivity index (χ1v) is 10.0. The molecule has 5 rings (SSSR count). The van der Waals surface area contributed by atoms with Crippen molar-refractivity contribution >= 4 is 22.4 Å². The zero-order valence-corrected chi connectivity index (χ0v) is 15.5. The van der Waals surface area contributed by atoms with E-state index in [1.807, 2.05) is 0 Å². The molecule has 0 aromatic heterocycles. The largest absolute Gasteiger partial charge is 0.456 e. The van der Waals surface area contributed by atoms with E-state index in [4.69, 9.17) is 9.47 Å². The van der Waals surface area contributed by atoms with Gasteiger partial charge >= 0.3 is 5.97 Å². The van der Waals surface area contributed by atoms with Crippen molar-refractivity contribution < 1.29 is 32.0 Å². The van der Waals surface area contributed by atoms with Gasteiger partial charge in [-0.15, -0.1) is 0 Å². The zero-order chi connectivity index (χ0) is 20.4. The lowest BCUT2D eigenvalue weighted by molar-refractivity contribution is 0.0221. The molecule has 0 aliphatic carbocycles. The molecule has 2 heterocycles. The van der Waals surface area contributed by atoms with Gasteiger partial charge in [-0.3, -0.25) is 9.35 Å². The maximum absolute atomic E-state index is 12.7. The summed E-state index contributed by atoms with van der Waals surface area (Å²) in [6.07, 6.45) is 0.315. The fraction of sp³-hybridized carbons (Fsp3) is 0.0476. The molecule has 1 spiro atoms. The summed E-state index contributed by atoms with van der Waals surface area (Å²) in [5, 5.41) is 0. The lowest BCUT2D eigenvalue weighted by Gasteiger charge is -2.37. The summed E-state index contributed by atoms with van der Waals surface area (Å²) < 4.78 is 45.2. The van der Waals surface area contributed by atoms with Gasteiger partial charge < -0.3 is 9.47 Å². The van der Waals surface area contributed by atoms with Gasteiger partial charge in [0.15, 0.2) is 11.9 Å². The number of ether oxygens (including phenoxy) is 2. The molecule has 2 aliphatic heterocycles. The number of hydrogen-bond acceptors (Lipinski definition) is 6. The topological polar surface area (TPSA) is 107 Å². The molecule has 0 amide bonds. The second-order valence-corrected chi connectivity index (χ2v) is 8.05. The van der Waals surface area contributed by atoms with Gasteiger partial charge in [0.2, 0.25) is 0 Å². The van der Waals surface area contributed by atoms with Gasteiger partial charge in [0.25, 0.3) is 10.1 Å². The van der Waals surface area contributed by atoms with Gasteiger partial charge in [-0.2, -0.15) is 8.42 Å². The van der Waals surface area contributed by atoms with E-state index in [-0.39, 0.29) is 16.9 Å². The Hall–Kier alpha value is -3.49. The summed E-state index contributed by atoms with van der Waals surface area (Å²) in [6, 6.07) is 15.9. The summed E-state index contributed by atoms with van der Waals surface area (Å²) in [5.41, 5.74) is -0.665. The molecule has 7 nitrogen and oxygen atoms in total. The van der Waals surface area contributed by atoms with Crippen LogP contribution in [0.3, 0.4) is 0 Å². The van der Waals surface area contributed by atoms with Crippen LogP contribution in [0.15, 0.2) is 65.6 Å². The molecule has 0 saturated heterocycles. The van der Waals surface area contributed by atoms with Crippen molar-refractivity contribution in [3.05, 3.63) is 88.5 Å². The van der Waals surface area contributed by atoms with Gasteiger partial charge in [0, 0.05) is 16.7 Å². The van der Waals surface area contributed by atoms with Crippen molar-refractivity contribution in [3.63, 3.8) is 0 Å². The van der Waals surface area contributed by atoms with Crippen LogP contribution in [0.2, 0.25) is 0 Å². The second kappa shape index (κ2) is 5.76. The van der Waals surface area contributed by atoms with Crippen molar-refractivity contribution in [2.75, 3.05) is 0 Å². The Morgan fingerprint density at radius 2 is 1.59 bits per heavy atom. The molecule has 2 aliphatic rings. The maximum atomic E-state index is 12.7. The fourth-order valence-corrected chi connectivity index (χ4v) is 4.74. The molecule has 0 fully saturated rings. The van der Waals surface area contributed by atoms with Crippen LogP contribution in [0.25, 0.3) is 0 Å². The molecule has 3 aromatic rings. The molecule has 144 valence electrons. The Labute approximate surface area is 165 Å². The van der Waals surface area contributed by atoms with Crippen LogP contribution in [0, 0.1) is 0 Å². The molecule has 3 aromatic carbocycles. The summed E-state index contributed by atoms with van der Waals surface area (Å²) in [4.78, 5) is 24.2. The smallest absolute Gasteiger partial charge is 0.340 e. The predicted octanol–water partition coefficient (Wildman–Crippen LogP) is 3.31. The number of para-hydroxylation sites is 1. The Bertz CT molecular complexity index is 1330. The first-order chi connectivity index (χ1) is 13.9. The van der Waals surface area contributed by atoms with Crippen LogP contribution >= 0.6 is 0 Å². The van der Waals surface area contributed by atoms with Crippen LogP contribution in [0.4, 0.5) is 0 Å². The maximum Gasteiger partial charge on any atom is 0.340 e. The zero-order valence-electron chi connectivity index (χ0n) is 14.7. The van der Waals surface area contributed by atoms with Crippen LogP contribution in [-0.4, -0.2) is 25.2 Å². The average Bonchev–Trinajstić information content (AvgIpc) is 3.00. The Morgan fingerprint density at radius 3 is 2.31 bits per heavy atom. The summed E-state index contributed by atoms with van der Waals surface area (Å²) in [7, 11) is -4.72. The van der Waals surface area contributed by atoms with Crippen molar-refractivity contribution in [1.29, 1.82) is 0 Å². The third-order valence-corrected chi connectivity index (χ3v) is 6.09. The molecular formula is C21H12O7S. The second-order valence-electron chi connectivity index (χ2n) is 6.66. The van der Waals surface area contributed by atoms with Crippen molar-refractivity contribution in [2.24, 2.45) is 0 Å². The van der Waals surface area contributed by atoms with E-state index < -0.39 is 26.6 Å². The van der Waals surface area contributed by atoms with E-state index in [0.29, 0.717) is 28.7 Å². The van der Waals surface area contributed by atoms with Crippen molar-refractivity contribution in [2.45, 2.75) is 10.5 Å². The third-order valence-electron chi connectivity index (χ3n) is 5.17. The highest BCUT2D eigenvalue weighted by molar-refractivity contribution is 7.86. The molecule has 8 heteroatoms. The highest BCUT2D eigenvalue weighted by Crippen LogP contribution is 2.57. The minimum absolute atomic E-state index is 0.0552. The van der Waals surface area contributed by atoms with E-state index in [1.165, 1.54) is 6.07 Å². The summed E-state index contributed by atoms with van der Waals surface area (Å²) >= 11 is 0. The number of carbonyl (C=O) groups is 2. The number of fused-ring (bicyclic) bond motifs is 6. The Kier molecular flexibility index (Phi) is 3.49. The molecule has 1 N–H and O–H groups in total. The SMILES string of the molecule is O=Cc1c(S(=O)(=O)O)ccc2c1C1(OC(=O)c3ccccc31)c1ccccc1O2. The number of hydrogen-bond donors (Lipinski definition) is 1. The molecule has 29 heavy (non-hydrogen) atoms. The van der Waals surface area contributed by atoms with E-state index >= 15 is 0 Å². The first-order valence-electron chi connectivity index (χ1n) is 8.58. The molecule has 1 atom stereocenters. The lowest BCUT2D eigenvalue weighted by atomic mass is 9.76. The summed E-state index contributed by atoms with van der Waals surface area (Å²) in [5.74, 6) is -0.0546. The van der Waals surface area contributed by atoms with Gasteiger partial charge in [-0.05, 0) is 24.3 Å². The highest BCUT2D eigenvalue weighted by Gasteiger charge is 2.55. The number of carbonyl (C=O) groups excluding carboxylic acids is 2. The van der Waals surface area contributed by atoms with E-state index in [2.05, 4.69) is 0 Å². The minimum atomic E-state index is -4.72. The average molecular weight is 408 g/mol. The monoisotopic (exact) mass is 408 g/mol. The van der Waals surface area contributed by atoms with Crippen molar-refractivity contribution in [3.8, 4) is 11.5 Å². The number of benzene rings is 3. The van der Waals surface area contributed by atoms with E-state index in [9.17, 15) is 22.6 Å². The first kappa shape index (κ1) is 17.6. The lowest BCUT2D eigenvalue weighted by Crippen LogP contribution is -2.34. The predicted molar refractivity (Wildman–Crippen MR) is 99.9 cm³/mol. The Morgan fingerprint density at radius 1 is 0.897 bits per heavy atom. The van der Waals surface area contributed by atoms with E-state index in [0.717, 1.165) is 6.07 Å². The van der Waals surface area contributed by atoms with Gasteiger partial charge in [0.1, 0.15) is 16.4 Å². The molecule has 0 saturated carbocycles. The molecule has 1 unspecified atom stereocenters. The summed E-state index contributed by atoms with van der Waals surface area (Å²) in [6.45, 7) is 0. The fourth-order valence-electron chi connectivity index (χ4n) is 4.07. The Balaban J connectivity index is 1.99. The van der Waals surface area contributed by atoms with Crippen LogP contribution in [0.1, 0.15) is 37.4 Å². The standard InChI is InChI=1S/C21H12O7S/c22-11-13-18(29(24,25)26)10-9-17-19(13)21(15-7-3-4-8-16(15)27-17)14-6-2-1-5-12(14)20(23)28-21/h1-11H,(H,24,25,26).